The number of aromatic hydroxyl groups is 1. The van der Waals surface area contributed by atoms with Gasteiger partial charge in [0.25, 0.3) is 0 Å². The quantitative estimate of drug-likeness (QED) is 0.107. The summed E-state index contributed by atoms with van der Waals surface area (Å²) in [6.45, 7) is 2.01. The molecule has 0 aliphatic carbocycles. The zero-order valence-corrected chi connectivity index (χ0v) is 23.7. The van der Waals surface area contributed by atoms with Crippen molar-refractivity contribution in [3.8, 4) is 5.75 Å². The first-order chi connectivity index (χ1) is 19.9. The molecule has 0 radical (unpaired) electrons. The lowest BCUT2D eigenvalue weighted by Gasteiger charge is -2.29. The Hall–Kier alpha value is -4.24. The van der Waals surface area contributed by atoms with Gasteiger partial charge in [0.15, 0.2) is 0 Å². The highest BCUT2D eigenvalue weighted by Crippen LogP contribution is 2.20. The minimum absolute atomic E-state index is 0.0404. The number of hydrogen-bond acceptors (Lipinski definition) is 9. The number of nitrogens with one attached hydrogen (secondary N) is 4. The van der Waals surface area contributed by atoms with Gasteiger partial charge in [-0.2, -0.15) is 0 Å². The van der Waals surface area contributed by atoms with Gasteiger partial charge in [0, 0.05) is 13.0 Å². The first-order valence-electron chi connectivity index (χ1n) is 13.7. The summed E-state index contributed by atoms with van der Waals surface area (Å²) in [5.74, 6) is -4.95. The fourth-order valence-corrected chi connectivity index (χ4v) is 4.48. The second-order valence-electron chi connectivity index (χ2n) is 10.1. The molecule has 9 N–H and O–H groups in total. The number of likely N-dealkylation sites (tertiary alicyclic amines) is 1. The van der Waals surface area contributed by atoms with Crippen molar-refractivity contribution in [2.24, 2.45) is 11.7 Å². The Kier molecular flexibility index (Phi) is 13.2. The molecule has 0 bridgehead atoms. The number of aliphatic carboxylic acids is 1. The summed E-state index contributed by atoms with van der Waals surface area (Å²) in [5.41, 5.74) is 6.08. The Balaban J connectivity index is 2.06. The molecule has 0 spiro atoms. The van der Waals surface area contributed by atoms with Crippen LogP contribution in [-0.2, 0) is 35.2 Å². The lowest BCUT2D eigenvalue weighted by molar-refractivity contribution is -0.143. The molecule has 1 aromatic carbocycles. The molecule has 1 aliphatic heterocycles. The minimum atomic E-state index is -1.54. The fourth-order valence-electron chi connectivity index (χ4n) is 4.48. The summed E-state index contributed by atoms with van der Waals surface area (Å²) < 4.78 is 0. The van der Waals surface area contributed by atoms with Crippen molar-refractivity contribution in [2.75, 3.05) is 26.2 Å². The van der Waals surface area contributed by atoms with Gasteiger partial charge in [0.2, 0.25) is 29.5 Å². The number of aliphatic hydroxyl groups is 1. The molecule has 232 valence electrons. The summed E-state index contributed by atoms with van der Waals surface area (Å²) in [5, 5.41) is 37.6. The molecule has 0 aromatic heterocycles. The van der Waals surface area contributed by atoms with Crippen LogP contribution in [0.3, 0.4) is 0 Å². The van der Waals surface area contributed by atoms with E-state index in [1.54, 1.807) is 26.0 Å². The number of rotatable bonds is 15. The number of nitrogens with zero attached hydrogens (tertiary/aromatic N) is 1. The third-order valence-electron chi connectivity index (χ3n) is 7.07. The molecular formula is C27H40N6O9. The molecule has 1 heterocycles. The van der Waals surface area contributed by atoms with Crippen LogP contribution in [0.15, 0.2) is 24.3 Å². The van der Waals surface area contributed by atoms with Crippen LogP contribution in [0.1, 0.15) is 38.7 Å². The van der Waals surface area contributed by atoms with Crippen LogP contribution in [0.25, 0.3) is 0 Å². The fraction of sp³-hybridized carbons (Fsp3) is 0.556. The molecule has 0 saturated carbocycles. The van der Waals surface area contributed by atoms with E-state index in [-0.39, 0.29) is 25.3 Å². The predicted molar refractivity (Wildman–Crippen MR) is 149 cm³/mol. The number of amides is 5. The summed E-state index contributed by atoms with van der Waals surface area (Å²) in [6, 6.07) is 1.52. The van der Waals surface area contributed by atoms with Crippen LogP contribution in [0.5, 0.6) is 5.75 Å². The second kappa shape index (κ2) is 16.3. The number of hydrogen-bond donors (Lipinski definition) is 8. The number of nitrogens with two attached hydrogens (primary N) is 1. The molecule has 1 saturated heterocycles. The van der Waals surface area contributed by atoms with Crippen LogP contribution in [0, 0.1) is 5.92 Å². The van der Waals surface area contributed by atoms with Gasteiger partial charge in [-0.3, -0.25) is 24.0 Å². The first-order valence-corrected chi connectivity index (χ1v) is 13.7. The van der Waals surface area contributed by atoms with Crippen LogP contribution >= 0.6 is 0 Å². The van der Waals surface area contributed by atoms with Gasteiger partial charge in [-0.05, 0) is 36.5 Å². The van der Waals surface area contributed by atoms with Crippen molar-refractivity contribution in [2.45, 2.75) is 63.7 Å². The Labute approximate surface area is 243 Å². The average molecular weight is 593 g/mol. The van der Waals surface area contributed by atoms with Gasteiger partial charge in [-0.25, -0.2) is 4.79 Å². The maximum absolute atomic E-state index is 13.5. The van der Waals surface area contributed by atoms with Crippen LogP contribution < -0.4 is 27.0 Å². The van der Waals surface area contributed by atoms with E-state index in [2.05, 4.69) is 21.3 Å². The highest BCUT2D eigenvalue weighted by molar-refractivity contribution is 5.95. The van der Waals surface area contributed by atoms with E-state index in [4.69, 9.17) is 10.8 Å². The number of carbonyl (C=O) groups is 6. The maximum Gasteiger partial charge on any atom is 0.328 e. The van der Waals surface area contributed by atoms with E-state index in [0.717, 1.165) is 0 Å². The van der Waals surface area contributed by atoms with Gasteiger partial charge in [-0.1, -0.05) is 32.4 Å². The Bertz CT molecular complexity index is 1130. The minimum Gasteiger partial charge on any atom is -0.508 e. The first kappa shape index (κ1) is 34.0. The SMILES string of the molecule is CC[C@H](C)[C@H](NC(=O)CNC(=O)[C@@H]1CCCN1C(=O)[C@H](Cc1ccc(O)cc1)NC(=O)CN)C(=O)N[C@@H](CO)C(=O)O. The predicted octanol–water partition coefficient (Wildman–Crippen LogP) is -2.42. The summed E-state index contributed by atoms with van der Waals surface area (Å²) >= 11 is 0. The molecular weight excluding hydrogens is 552 g/mol. The van der Waals surface area contributed by atoms with Gasteiger partial charge in [0.1, 0.15) is 29.9 Å². The number of benzene rings is 1. The van der Waals surface area contributed by atoms with Crippen molar-refractivity contribution >= 4 is 35.5 Å². The van der Waals surface area contributed by atoms with Crippen molar-refractivity contribution in [3.05, 3.63) is 29.8 Å². The van der Waals surface area contributed by atoms with Gasteiger partial charge in [-0.15, -0.1) is 0 Å². The number of carboxylic acid groups (broad SMARTS) is 1. The number of phenols is 1. The average Bonchev–Trinajstić information content (AvgIpc) is 3.47. The number of carbonyl (C=O) groups excluding carboxylic acids is 5. The maximum atomic E-state index is 13.5. The lowest BCUT2D eigenvalue weighted by Crippen LogP contribution is -2.57. The summed E-state index contributed by atoms with van der Waals surface area (Å²) in [4.78, 5) is 76.4. The second-order valence-corrected chi connectivity index (χ2v) is 10.1. The Morgan fingerprint density at radius 3 is 2.26 bits per heavy atom. The molecule has 5 atom stereocenters. The smallest absolute Gasteiger partial charge is 0.328 e. The summed E-state index contributed by atoms with van der Waals surface area (Å²) in [6.07, 6.45) is 1.40. The zero-order valence-electron chi connectivity index (χ0n) is 23.7. The summed E-state index contributed by atoms with van der Waals surface area (Å²) in [7, 11) is 0. The molecule has 5 amide bonds. The third kappa shape index (κ3) is 9.69. The standard InChI is InChI=1S/C27H40N6O9/c1-3-15(2)23(25(39)31-19(14-34)27(41)42)32-22(37)13-29-24(38)20-5-4-10-33(20)26(40)18(30-21(36)12-28)11-16-6-8-17(35)9-7-16/h6-9,15,18-20,23,34-35H,3-5,10-14,28H2,1-2H3,(H,29,38)(H,30,36)(H,31,39)(H,32,37)(H,41,42)/t15-,18-,19-,20-,23-/m0/s1. The van der Waals surface area contributed by atoms with E-state index in [0.29, 0.717) is 24.8 Å². The number of aliphatic hydroxyl groups excluding tert-OH is 1. The number of carboxylic acids is 1. The number of phenolic OH excluding ortho intramolecular Hbond substituents is 1. The van der Waals surface area contributed by atoms with Gasteiger partial charge >= 0.3 is 5.97 Å². The van der Waals surface area contributed by atoms with Crippen LogP contribution in [-0.4, -0.2) is 106 Å². The van der Waals surface area contributed by atoms with E-state index in [1.165, 1.54) is 17.0 Å². The highest BCUT2D eigenvalue weighted by Gasteiger charge is 2.38. The van der Waals surface area contributed by atoms with Gasteiger partial charge < -0.3 is 47.2 Å². The molecule has 1 aromatic rings. The molecule has 0 unspecified atom stereocenters. The van der Waals surface area contributed by atoms with Gasteiger partial charge in [0.05, 0.1) is 19.7 Å². The Morgan fingerprint density at radius 1 is 1.02 bits per heavy atom. The lowest BCUT2D eigenvalue weighted by atomic mass is 9.98. The molecule has 15 nitrogen and oxygen atoms in total. The van der Waals surface area contributed by atoms with E-state index >= 15 is 0 Å². The normalized spacial score (nSPS) is 17.3. The third-order valence-corrected chi connectivity index (χ3v) is 7.07. The van der Waals surface area contributed by atoms with Crippen LogP contribution in [0.4, 0.5) is 0 Å². The molecule has 15 heteroatoms. The van der Waals surface area contributed by atoms with Crippen molar-refractivity contribution in [1.29, 1.82) is 0 Å². The monoisotopic (exact) mass is 592 g/mol. The van der Waals surface area contributed by atoms with E-state index < -0.39 is 78.7 Å². The van der Waals surface area contributed by atoms with Crippen molar-refractivity contribution in [3.63, 3.8) is 0 Å². The molecule has 1 fully saturated rings. The topological polar surface area (TPSA) is 240 Å². The van der Waals surface area contributed by atoms with Crippen molar-refractivity contribution in [1.82, 2.24) is 26.2 Å². The molecule has 42 heavy (non-hydrogen) atoms. The van der Waals surface area contributed by atoms with E-state index in [1.807, 2.05) is 0 Å². The largest absolute Gasteiger partial charge is 0.508 e. The van der Waals surface area contributed by atoms with Crippen LogP contribution in [0.2, 0.25) is 0 Å². The highest BCUT2D eigenvalue weighted by atomic mass is 16.4. The molecule has 2 rings (SSSR count). The molecule has 1 aliphatic rings. The Morgan fingerprint density at radius 2 is 1.69 bits per heavy atom. The zero-order chi connectivity index (χ0) is 31.4. The van der Waals surface area contributed by atoms with Crippen molar-refractivity contribution < 1.29 is 44.1 Å². The van der Waals surface area contributed by atoms with E-state index in [9.17, 15) is 39.0 Å².